The number of rotatable bonds is 4. The Balaban J connectivity index is 1.26. The van der Waals surface area contributed by atoms with Gasteiger partial charge in [-0.2, -0.15) is 0 Å². The molecule has 0 heterocycles. The molecule has 0 aromatic heterocycles. The number of halogens is 2. The molecule has 1 aromatic rings. The van der Waals surface area contributed by atoms with E-state index in [1.54, 1.807) is 13.0 Å². The van der Waals surface area contributed by atoms with Crippen LogP contribution < -0.4 is 5.73 Å². The molecule has 0 aliphatic heterocycles. The Bertz CT molecular complexity index is 693. The zero-order valence-corrected chi connectivity index (χ0v) is 19.0. The minimum absolute atomic E-state index is 0.192. The van der Waals surface area contributed by atoms with Gasteiger partial charge in [0.15, 0.2) is 11.6 Å². The van der Waals surface area contributed by atoms with Gasteiger partial charge in [0, 0.05) is 6.04 Å². The largest absolute Gasteiger partial charge is 0.328 e. The molecular formula is C27H41F2N. The molecule has 3 saturated carbocycles. The Morgan fingerprint density at radius 1 is 0.733 bits per heavy atom. The second-order valence-electron chi connectivity index (χ2n) is 10.9. The van der Waals surface area contributed by atoms with Crippen LogP contribution in [0.15, 0.2) is 12.1 Å². The summed E-state index contributed by atoms with van der Waals surface area (Å²) >= 11 is 0. The predicted octanol–water partition coefficient (Wildman–Crippen LogP) is 7.51. The van der Waals surface area contributed by atoms with E-state index in [1.807, 2.05) is 6.07 Å². The summed E-state index contributed by atoms with van der Waals surface area (Å²) in [6.45, 7) is 4.11. The highest BCUT2D eigenvalue weighted by Gasteiger charge is 2.35. The van der Waals surface area contributed by atoms with Crippen LogP contribution in [0, 0.1) is 48.1 Å². The van der Waals surface area contributed by atoms with Crippen LogP contribution in [-0.2, 0) is 0 Å². The van der Waals surface area contributed by atoms with Crippen LogP contribution in [0.2, 0.25) is 0 Å². The highest BCUT2D eigenvalue weighted by Crippen LogP contribution is 2.47. The third-order valence-corrected chi connectivity index (χ3v) is 9.30. The van der Waals surface area contributed by atoms with Gasteiger partial charge in [-0.1, -0.05) is 19.1 Å². The van der Waals surface area contributed by atoms with Crippen molar-refractivity contribution in [1.82, 2.24) is 0 Å². The topological polar surface area (TPSA) is 26.0 Å². The van der Waals surface area contributed by atoms with Crippen LogP contribution in [0.5, 0.6) is 0 Å². The standard InChI is InChI=1S/C27H41F2N/c1-17-3-16-25(27(29)26(17)28)23-10-6-20(7-11-23)18(2)19-4-8-21(9-5-19)22-12-14-24(30)15-13-22/h3,16,18-24H,4-15,30H2,1-2H3. The Morgan fingerprint density at radius 2 is 1.23 bits per heavy atom. The lowest BCUT2D eigenvalue weighted by atomic mass is 9.64. The fourth-order valence-corrected chi connectivity index (χ4v) is 7.08. The fourth-order valence-electron chi connectivity index (χ4n) is 7.08. The van der Waals surface area contributed by atoms with E-state index in [4.69, 9.17) is 5.73 Å². The highest BCUT2D eigenvalue weighted by molar-refractivity contribution is 5.28. The van der Waals surface area contributed by atoms with E-state index in [0.29, 0.717) is 17.2 Å². The molecule has 3 aliphatic rings. The fraction of sp³-hybridized carbons (Fsp3) is 0.778. The first kappa shape index (κ1) is 22.2. The molecule has 0 saturated heterocycles. The van der Waals surface area contributed by atoms with Crippen LogP contribution in [0.4, 0.5) is 8.78 Å². The van der Waals surface area contributed by atoms with E-state index >= 15 is 0 Å². The van der Waals surface area contributed by atoms with E-state index in [9.17, 15) is 8.78 Å². The summed E-state index contributed by atoms with van der Waals surface area (Å²) in [6.07, 6.45) is 15.1. The molecular weight excluding hydrogens is 376 g/mol. The van der Waals surface area contributed by atoms with Crippen molar-refractivity contribution in [3.8, 4) is 0 Å². The van der Waals surface area contributed by atoms with Gasteiger partial charge < -0.3 is 5.73 Å². The number of aryl methyl sites for hydroxylation is 1. The van der Waals surface area contributed by atoms with Gasteiger partial charge in [0.2, 0.25) is 0 Å². The van der Waals surface area contributed by atoms with Crippen LogP contribution in [0.1, 0.15) is 101 Å². The quantitative estimate of drug-likeness (QED) is 0.539. The van der Waals surface area contributed by atoms with Crippen LogP contribution in [-0.4, -0.2) is 6.04 Å². The van der Waals surface area contributed by atoms with E-state index in [0.717, 1.165) is 42.4 Å². The van der Waals surface area contributed by atoms with Crippen molar-refractivity contribution < 1.29 is 8.78 Å². The van der Waals surface area contributed by atoms with E-state index in [1.165, 1.54) is 64.2 Å². The summed E-state index contributed by atoms with van der Waals surface area (Å²) in [5.41, 5.74) is 7.12. The van der Waals surface area contributed by atoms with Gasteiger partial charge in [0.25, 0.3) is 0 Å². The smallest absolute Gasteiger partial charge is 0.162 e. The molecule has 0 spiro atoms. The molecule has 4 rings (SSSR count). The first-order valence-corrected chi connectivity index (χ1v) is 12.6. The van der Waals surface area contributed by atoms with Crippen LogP contribution in [0.3, 0.4) is 0 Å². The number of hydrogen-bond donors (Lipinski definition) is 1. The van der Waals surface area contributed by atoms with Gasteiger partial charge in [0.1, 0.15) is 0 Å². The molecule has 0 radical (unpaired) electrons. The van der Waals surface area contributed by atoms with Crippen molar-refractivity contribution in [3.05, 3.63) is 34.9 Å². The minimum atomic E-state index is -0.653. The first-order valence-electron chi connectivity index (χ1n) is 12.6. The molecule has 1 nitrogen and oxygen atoms in total. The van der Waals surface area contributed by atoms with Crippen molar-refractivity contribution in [3.63, 3.8) is 0 Å². The average Bonchev–Trinajstić information content (AvgIpc) is 2.78. The van der Waals surface area contributed by atoms with Gasteiger partial charge in [0.05, 0.1) is 0 Å². The first-order chi connectivity index (χ1) is 14.4. The van der Waals surface area contributed by atoms with Crippen molar-refractivity contribution in [1.29, 1.82) is 0 Å². The second kappa shape index (κ2) is 9.67. The van der Waals surface area contributed by atoms with Crippen molar-refractivity contribution in [2.45, 2.75) is 103 Å². The number of nitrogens with two attached hydrogens (primary N) is 1. The van der Waals surface area contributed by atoms with Crippen LogP contribution in [0.25, 0.3) is 0 Å². The molecule has 0 bridgehead atoms. The zero-order valence-electron chi connectivity index (χ0n) is 19.0. The Kier molecular flexibility index (Phi) is 7.17. The molecule has 30 heavy (non-hydrogen) atoms. The van der Waals surface area contributed by atoms with Crippen molar-refractivity contribution in [2.24, 2.45) is 35.3 Å². The number of hydrogen-bond acceptors (Lipinski definition) is 1. The van der Waals surface area contributed by atoms with Crippen LogP contribution >= 0.6 is 0 Å². The maximum atomic E-state index is 14.4. The lowest BCUT2D eigenvalue weighted by Gasteiger charge is -2.41. The Labute approximate surface area is 182 Å². The predicted molar refractivity (Wildman–Crippen MR) is 120 cm³/mol. The maximum Gasteiger partial charge on any atom is 0.162 e. The summed E-state index contributed by atoms with van der Waals surface area (Å²) in [5, 5.41) is 0. The van der Waals surface area contributed by atoms with E-state index in [2.05, 4.69) is 6.92 Å². The molecule has 2 N–H and O–H groups in total. The lowest BCUT2D eigenvalue weighted by molar-refractivity contribution is 0.104. The van der Waals surface area contributed by atoms with Gasteiger partial charge in [-0.3, -0.25) is 0 Å². The molecule has 3 heteroatoms. The van der Waals surface area contributed by atoms with Gasteiger partial charge in [-0.05, 0) is 131 Å². The Morgan fingerprint density at radius 3 is 1.80 bits per heavy atom. The Hall–Kier alpha value is -0.960. The monoisotopic (exact) mass is 417 g/mol. The highest BCUT2D eigenvalue weighted by atomic mass is 19.2. The van der Waals surface area contributed by atoms with Crippen molar-refractivity contribution in [2.75, 3.05) is 0 Å². The summed E-state index contributed by atoms with van der Waals surface area (Å²) in [5.74, 6) is 3.20. The summed E-state index contributed by atoms with van der Waals surface area (Å²) in [4.78, 5) is 0. The summed E-state index contributed by atoms with van der Waals surface area (Å²) in [6, 6.07) is 4.01. The molecule has 3 aliphatic carbocycles. The molecule has 0 amide bonds. The SMILES string of the molecule is Cc1ccc(C2CCC(C(C)C3CCC(C4CCC(N)CC4)CC3)CC2)c(F)c1F. The summed E-state index contributed by atoms with van der Waals surface area (Å²) < 4.78 is 28.4. The lowest BCUT2D eigenvalue weighted by Crippen LogP contribution is -2.33. The van der Waals surface area contributed by atoms with Crippen molar-refractivity contribution >= 4 is 0 Å². The normalized spacial score (nSPS) is 36.4. The molecule has 3 fully saturated rings. The van der Waals surface area contributed by atoms with E-state index in [-0.39, 0.29) is 5.92 Å². The number of benzene rings is 1. The molecule has 1 aromatic carbocycles. The molecule has 1 atom stereocenters. The van der Waals surface area contributed by atoms with E-state index < -0.39 is 11.6 Å². The third kappa shape index (κ3) is 4.76. The van der Waals surface area contributed by atoms with Gasteiger partial charge >= 0.3 is 0 Å². The third-order valence-electron chi connectivity index (χ3n) is 9.30. The molecule has 168 valence electrons. The summed E-state index contributed by atoms with van der Waals surface area (Å²) in [7, 11) is 0. The minimum Gasteiger partial charge on any atom is -0.328 e. The zero-order chi connectivity index (χ0) is 21.3. The van der Waals surface area contributed by atoms with Gasteiger partial charge in [-0.15, -0.1) is 0 Å². The second-order valence-corrected chi connectivity index (χ2v) is 10.9. The average molecular weight is 418 g/mol. The maximum absolute atomic E-state index is 14.4. The van der Waals surface area contributed by atoms with Gasteiger partial charge in [-0.25, -0.2) is 8.78 Å². The molecule has 1 unspecified atom stereocenters.